The molecule has 6 nitrogen and oxygen atoms in total. The molecule has 0 saturated carbocycles. The Morgan fingerprint density at radius 2 is 1.94 bits per heavy atom. The van der Waals surface area contributed by atoms with Crippen molar-refractivity contribution in [3.8, 4) is 0 Å². The summed E-state index contributed by atoms with van der Waals surface area (Å²) in [4.78, 5) is 31.4. The van der Waals surface area contributed by atoms with Crippen LogP contribution in [0.15, 0.2) is 58.3 Å². The smallest absolute Gasteiger partial charge is 0.270 e. The topological polar surface area (TPSA) is 60.1 Å². The first kappa shape index (κ1) is 20.8. The molecule has 7 heteroatoms. The number of rotatable bonds is 6. The summed E-state index contributed by atoms with van der Waals surface area (Å²) in [5.74, 6) is 0.478. The summed E-state index contributed by atoms with van der Waals surface area (Å²) in [7, 11) is 0. The van der Waals surface area contributed by atoms with Gasteiger partial charge in [0.25, 0.3) is 11.1 Å². The molecular weight excluding hydrogens is 407 g/mol. The maximum atomic E-state index is 13.3. The van der Waals surface area contributed by atoms with Gasteiger partial charge < -0.3 is 4.90 Å². The lowest BCUT2D eigenvalue weighted by Crippen LogP contribution is -2.39. The number of pyridine rings is 1. The highest BCUT2D eigenvalue weighted by Crippen LogP contribution is 2.27. The van der Waals surface area contributed by atoms with E-state index in [1.54, 1.807) is 27.3 Å². The third-order valence-corrected chi connectivity index (χ3v) is 6.75. The molecule has 0 spiro atoms. The van der Waals surface area contributed by atoms with Gasteiger partial charge in [-0.05, 0) is 68.5 Å². The Morgan fingerprint density at radius 1 is 1.09 bits per heavy atom. The molecule has 0 aliphatic carbocycles. The number of benzene rings is 1. The molecule has 0 bridgehead atoms. The molecule has 2 aliphatic heterocycles. The van der Waals surface area contributed by atoms with Crippen molar-refractivity contribution in [1.82, 2.24) is 19.0 Å². The normalized spacial score (nSPS) is 19.3. The average Bonchev–Trinajstić information content (AvgIpc) is 3.18. The molecule has 0 amide bonds. The van der Waals surface area contributed by atoms with Crippen LogP contribution in [0.3, 0.4) is 0 Å². The van der Waals surface area contributed by atoms with Crippen molar-refractivity contribution >= 4 is 17.2 Å². The molecule has 1 aromatic carbocycles. The van der Waals surface area contributed by atoms with E-state index < -0.39 is 0 Å². The van der Waals surface area contributed by atoms with Crippen molar-refractivity contribution in [2.24, 2.45) is 5.92 Å². The molecule has 4 heterocycles. The van der Waals surface area contributed by atoms with Gasteiger partial charge in [0.15, 0.2) is 0 Å². The number of halogens is 1. The van der Waals surface area contributed by atoms with E-state index in [4.69, 9.17) is 0 Å². The minimum absolute atomic E-state index is 0.0335. The largest absolute Gasteiger partial charge is 0.301 e. The van der Waals surface area contributed by atoms with Crippen LogP contribution in [0.5, 0.6) is 0 Å². The van der Waals surface area contributed by atoms with Crippen molar-refractivity contribution in [3.05, 3.63) is 80.8 Å². The number of aromatic nitrogens is 3. The fraction of sp³-hybridized carbons (Fsp3) is 0.400. The molecule has 1 unspecified atom stereocenters. The van der Waals surface area contributed by atoms with E-state index >= 15 is 0 Å². The van der Waals surface area contributed by atoms with Crippen LogP contribution in [0.2, 0.25) is 0 Å². The van der Waals surface area contributed by atoms with E-state index in [2.05, 4.69) is 16.0 Å². The first-order valence-electron chi connectivity index (χ1n) is 11.3. The molecule has 2 aliphatic rings. The zero-order chi connectivity index (χ0) is 22.1. The van der Waals surface area contributed by atoms with Crippen molar-refractivity contribution in [2.75, 3.05) is 19.6 Å². The summed E-state index contributed by atoms with van der Waals surface area (Å²) in [5, 5.41) is 0. The van der Waals surface area contributed by atoms with Crippen LogP contribution in [0, 0.1) is 11.7 Å². The maximum absolute atomic E-state index is 13.3. The number of nitrogens with zero attached hydrogens (tertiary/aromatic N) is 4. The van der Waals surface area contributed by atoms with Gasteiger partial charge in [0.05, 0.1) is 12.2 Å². The standard InChI is InChI=1S/C25H27FN4O2/c26-20-7-3-6-19(14-20)5-2-1-4-18-10-12-28(13-11-18)16-21-17-29-23(31)9-8-22-25(29)30(21)24(32)15-27-22/h2-3,5-9,14-15,18,21H,1,4,10-13,16-17H2/b5-2+. The lowest BCUT2D eigenvalue weighted by Gasteiger charge is -2.33. The molecule has 0 radical (unpaired) electrons. The maximum Gasteiger partial charge on any atom is 0.270 e. The van der Waals surface area contributed by atoms with E-state index in [0.717, 1.165) is 50.9 Å². The van der Waals surface area contributed by atoms with E-state index in [1.165, 1.54) is 18.3 Å². The lowest BCUT2D eigenvalue weighted by molar-refractivity contribution is 0.157. The zero-order valence-corrected chi connectivity index (χ0v) is 18.0. The lowest BCUT2D eigenvalue weighted by atomic mass is 9.92. The van der Waals surface area contributed by atoms with Crippen LogP contribution in [0.4, 0.5) is 4.39 Å². The van der Waals surface area contributed by atoms with Gasteiger partial charge in [-0.15, -0.1) is 0 Å². The molecule has 0 N–H and O–H groups in total. The number of likely N-dealkylation sites (tertiary alicyclic amines) is 1. The van der Waals surface area contributed by atoms with Crippen LogP contribution in [0.1, 0.15) is 37.3 Å². The minimum atomic E-state index is -0.204. The Morgan fingerprint density at radius 3 is 2.75 bits per heavy atom. The number of piperidine rings is 1. The first-order chi connectivity index (χ1) is 15.6. The summed E-state index contributed by atoms with van der Waals surface area (Å²) in [5.41, 5.74) is 2.02. The highest BCUT2D eigenvalue weighted by molar-refractivity contribution is 5.71. The molecular formula is C25H27FN4O2. The quantitative estimate of drug-likeness (QED) is 0.596. The van der Waals surface area contributed by atoms with E-state index in [9.17, 15) is 14.0 Å². The predicted molar refractivity (Wildman–Crippen MR) is 123 cm³/mol. The zero-order valence-electron chi connectivity index (χ0n) is 18.0. The first-order valence-corrected chi connectivity index (χ1v) is 11.3. The Labute approximate surface area is 185 Å². The monoisotopic (exact) mass is 434 g/mol. The average molecular weight is 435 g/mol. The highest BCUT2D eigenvalue weighted by Gasteiger charge is 2.29. The molecule has 1 fully saturated rings. The van der Waals surface area contributed by atoms with Gasteiger partial charge in [0.1, 0.15) is 17.0 Å². The summed E-state index contributed by atoms with van der Waals surface area (Å²) in [6.45, 7) is 3.31. The Hall–Kier alpha value is -3.06. The number of hydrogen-bond donors (Lipinski definition) is 0. The van der Waals surface area contributed by atoms with Crippen molar-refractivity contribution < 1.29 is 4.39 Å². The summed E-state index contributed by atoms with van der Waals surface area (Å²) in [6.07, 6.45) is 9.88. The third kappa shape index (κ3) is 4.17. The molecule has 2 aromatic heterocycles. The van der Waals surface area contributed by atoms with Crippen molar-refractivity contribution in [2.45, 2.75) is 38.3 Å². The van der Waals surface area contributed by atoms with Crippen molar-refractivity contribution in [1.29, 1.82) is 0 Å². The Balaban J connectivity index is 1.15. The van der Waals surface area contributed by atoms with Crippen LogP contribution in [-0.4, -0.2) is 38.7 Å². The Kier molecular flexibility index (Phi) is 5.74. The van der Waals surface area contributed by atoms with Crippen LogP contribution in [-0.2, 0) is 6.54 Å². The van der Waals surface area contributed by atoms with Crippen molar-refractivity contribution in [3.63, 3.8) is 0 Å². The summed E-state index contributed by atoms with van der Waals surface area (Å²) < 4.78 is 16.7. The fourth-order valence-electron chi connectivity index (χ4n) is 5.08. The van der Waals surface area contributed by atoms with E-state index in [0.29, 0.717) is 23.6 Å². The molecule has 1 atom stereocenters. The van der Waals surface area contributed by atoms with Gasteiger partial charge in [-0.2, -0.15) is 0 Å². The van der Waals surface area contributed by atoms with Crippen LogP contribution in [0.25, 0.3) is 17.2 Å². The molecule has 1 saturated heterocycles. The van der Waals surface area contributed by atoms with Gasteiger partial charge in [-0.25, -0.2) is 9.37 Å². The summed E-state index contributed by atoms with van der Waals surface area (Å²) in [6, 6.07) is 9.84. The molecule has 166 valence electrons. The second-order valence-electron chi connectivity index (χ2n) is 8.89. The number of hydrogen-bond acceptors (Lipinski definition) is 4. The van der Waals surface area contributed by atoms with Crippen LogP contribution >= 0.6 is 0 Å². The predicted octanol–water partition coefficient (Wildman–Crippen LogP) is 3.46. The minimum Gasteiger partial charge on any atom is -0.301 e. The van der Waals surface area contributed by atoms with Gasteiger partial charge in [-0.3, -0.25) is 18.7 Å². The molecule has 5 rings (SSSR count). The third-order valence-electron chi connectivity index (χ3n) is 6.75. The number of allylic oxidation sites excluding steroid dienone is 1. The van der Waals surface area contributed by atoms with Gasteiger partial charge in [0, 0.05) is 19.2 Å². The molecule has 3 aromatic rings. The summed E-state index contributed by atoms with van der Waals surface area (Å²) >= 11 is 0. The van der Waals surface area contributed by atoms with Gasteiger partial charge in [-0.1, -0.05) is 24.3 Å². The second-order valence-corrected chi connectivity index (χ2v) is 8.89. The Bertz CT molecular complexity index is 1270. The fourth-order valence-corrected chi connectivity index (χ4v) is 5.08. The van der Waals surface area contributed by atoms with Gasteiger partial charge >= 0.3 is 0 Å². The van der Waals surface area contributed by atoms with E-state index in [1.807, 2.05) is 12.1 Å². The molecule has 32 heavy (non-hydrogen) atoms. The second kappa shape index (κ2) is 8.82. The highest BCUT2D eigenvalue weighted by atomic mass is 19.1. The van der Waals surface area contributed by atoms with E-state index in [-0.39, 0.29) is 23.0 Å². The van der Waals surface area contributed by atoms with Gasteiger partial charge in [0.2, 0.25) is 0 Å². The van der Waals surface area contributed by atoms with Crippen LogP contribution < -0.4 is 11.1 Å². The SMILES string of the molecule is O=c1ccc2ncc(=O)n3c2n1CC3CN1CCC(CC/C=C/c2cccc(F)c2)CC1.